The molecule has 0 saturated carbocycles. The summed E-state index contributed by atoms with van der Waals surface area (Å²) in [7, 11) is 0. The molecule has 5 rings (SSSR count). The minimum absolute atomic E-state index is 0.0342. The lowest BCUT2D eigenvalue weighted by molar-refractivity contribution is -0.139. The van der Waals surface area contributed by atoms with E-state index in [-0.39, 0.29) is 18.4 Å². The number of benzene rings is 2. The van der Waals surface area contributed by atoms with Gasteiger partial charge in [-0.2, -0.15) is 0 Å². The first kappa shape index (κ1) is 19.4. The standard InChI is InChI=1S/C25H25N3O3/c29-24(19-9-8-10-20(17-19)26-13-6-7-14-26)28-18-23(25(30)27-15-4-1-5-16-27)31-22-12-3-2-11-21(22)28/h2-3,6-14,17,23H,1,4-5,15-16,18H2/t23-/m0/s1. The molecule has 3 heterocycles. The number of fused-ring (bicyclic) bond motifs is 1. The number of amides is 2. The first-order valence-corrected chi connectivity index (χ1v) is 10.8. The number of nitrogens with zero attached hydrogens (tertiary/aromatic N) is 3. The van der Waals surface area contributed by atoms with E-state index in [2.05, 4.69) is 0 Å². The van der Waals surface area contributed by atoms with Crippen LogP contribution in [0, 0.1) is 0 Å². The maximum Gasteiger partial charge on any atom is 0.265 e. The molecule has 2 aromatic carbocycles. The topological polar surface area (TPSA) is 54.8 Å². The molecule has 2 aliphatic rings. The second-order valence-electron chi connectivity index (χ2n) is 8.02. The minimum Gasteiger partial charge on any atom is -0.476 e. The van der Waals surface area contributed by atoms with E-state index in [0.29, 0.717) is 17.0 Å². The van der Waals surface area contributed by atoms with Crippen molar-refractivity contribution in [2.45, 2.75) is 25.4 Å². The van der Waals surface area contributed by atoms with Crippen molar-refractivity contribution in [3.63, 3.8) is 0 Å². The number of likely N-dealkylation sites (tertiary alicyclic amines) is 1. The van der Waals surface area contributed by atoms with Gasteiger partial charge in [-0.3, -0.25) is 9.59 Å². The van der Waals surface area contributed by atoms with Crippen molar-refractivity contribution in [1.29, 1.82) is 0 Å². The summed E-state index contributed by atoms with van der Waals surface area (Å²) in [5.41, 5.74) is 2.19. The Morgan fingerprint density at radius 1 is 0.871 bits per heavy atom. The predicted molar refractivity (Wildman–Crippen MR) is 119 cm³/mol. The normalized spacial score (nSPS) is 18.3. The van der Waals surface area contributed by atoms with Crippen molar-refractivity contribution < 1.29 is 14.3 Å². The molecule has 3 aromatic rings. The van der Waals surface area contributed by atoms with Gasteiger partial charge in [0.15, 0.2) is 6.10 Å². The monoisotopic (exact) mass is 415 g/mol. The summed E-state index contributed by atoms with van der Waals surface area (Å²) in [4.78, 5) is 30.3. The molecule has 1 saturated heterocycles. The highest BCUT2D eigenvalue weighted by Gasteiger charge is 2.36. The average Bonchev–Trinajstić information content (AvgIpc) is 3.38. The van der Waals surface area contributed by atoms with Gasteiger partial charge in [0.1, 0.15) is 5.75 Å². The lowest BCUT2D eigenvalue weighted by Crippen LogP contribution is -2.52. The fourth-order valence-electron chi connectivity index (χ4n) is 4.34. The lowest BCUT2D eigenvalue weighted by Gasteiger charge is -2.37. The van der Waals surface area contributed by atoms with Crippen LogP contribution in [0.15, 0.2) is 73.1 Å². The molecule has 0 aliphatic carbocycles. The van der Waals surface area contributed by atoms with Gasteiger partial charge in [0.25, 0.3) is 11.8 Å². The van der Waals surface area contributed by atoms with E-state index < -0.39 is 6.10 Å². The van der Waals surface area contributed by atoms with E-state index >= 15 is 0 Å². The van der Waals surface area contributed by atoms with Gasteiger partial charge in [0.05, 0.1) is 12.2 Å². The molecular formula is C25H25N3O3. The van der Waals surface area contributed by atoms with E-state index in [1.54, 1.807) is 4.90 Å². The molecule has 0 unspecified atom stereocenters. The quantitative estimate of drug-likeness (QED) is 0.652. The number of ether oxygens (including phenoxy) is 1. The molecule has 1 aromatic heterocycles. The maximum absolute atomic E-state index is 13.6. The van der Waals surface area contributed by atoms with Crippen LogP contribution in [0.3, 0.4) is 0 Å². The number of aromatic nitrogens is 1. The fourth-order valence-corrected chi connectivity index (χ4v) is 4.34. The van der Waals surface area contributed by atoms with Gasteiger partial charge >= 0.3 is 0 Å². The van der Waals surface area contributed by atoms with Gasteiger partial charge in [-0.1, -0.05) is 18.2 Å². The predicted octanol–water partition coefficient (Wildman–Crippen LogP) is 3.90. The smallest absolute Gasteiger partial charge is 0.265 e. The summed E-state index contributed by atoms with van der Waals surface area (Å²) in [5.74, 6) is 0.397. The molecule has 31 heavy (non-hydrogen) atoms. The Morgan fingerprint density at radius 3 is 2.45 bits per heavy atom. The first-order valence-electron chi connectivity index (χ1n) is 10.8. The fraction of sp³-hybridized carbons (Fsp3) is 0.280. The third-order valence-electron chi connectivity index (χ3n) is 5.96. The molecule has 0 radical (unpaired) electrons. The summed E-state index contributed by atoms with van der Waals surface area (Å²) in [6.07, 6.45) is 6.39. The van der Waals surface area contributed by atoms with Crippen molar-refractivity contribution in [1.82, 2.24) is 9.47 Å². The van der Waals surface area contributed by atoms with Gasteiger partial charge in [-0.05, 0) is 61.7 Å². The minimum atomic E-state index is -0.690. The zero-order valence-corrected chi connectivity index (χ0v) is 17.3. The Hall–Kier alpha value is -3.54. The third kappa shape index (κ3) is 3.81. The molecule has 1 fully saturated rings. The first-order chi connectivity index (χ1) is 15.2. The SMILES string of the molecule is O=C([C@@H]1CN(C(=O)c2cccc(-n3cccc3)c2)c2ccccc2O1)N1CCCCC1. The van der Waals surface area contributed by atoms with Crippen LogP contribution in [0.2, 0.25) is 0 Å². The molecule has 6 heteroatoms. The molecule has 0 spiro atoms. The van der Waals surface area contributed by atoms with Crippen LogP contribution in [0.25, 0.3) is 5.69 Å². The third-order valence-corrected chi connectivity index (χ3v) is 5.96. The highest BCUT2D eigenvalue weighted by molar-refractivity contribution is 6.08. The summed E-state index contributed by atoms with van der Waals surface area (Å²) in [5, 5.41) is 0. The number of hydrogen-bond donors (Lipinski definition) is 0. The zero-order chi connectivity index (χ0) is 21.2. The summed E-state index contributed by atoms with van der Waals surface area (Å²) in [6, 6.07) is 18.9. The molecule has 0 N–H and O–H groups in total. The Morgan fingerprint density at radius 2 is 1.65 bits per heavy atom. The van der Waals surface area contributed by atoms with Crippen LogP contribution < -0.4 is 9.64 Å². The van der Waals surface area contributed by atoms with Crippen molar-refractivity contribution in [2.24, 2.45) is 0 Å². The molecular weight excluding hydrogens is 390 g/mol. The van der Waals surface area contributed by atoms with E-state index in [9.17, 15) is 9.59 Å². The van der Waals surface area contributed by atoms with Crippen LogP contribution in [0.5, 0.6) is 5.75 Å². The van der Waals surface area contributed by atoms with Gasteiger partial charge in [-0.25, -0.2) is 0 Å². The van der Waals surface area contributed by atoms with Gasteiger partial charge in [-0.15, -0.1) is 0 Å². The number of piperidine rings is 1. The van der Waals surface area contributed by atoms with Crippen LogP contribution >= 0.6 is 0 Å². The highest BCUT2D eigenvalue weighted by atomic mass is 16.5. The Labute approximate surface area is 181 Å². The number of carbonyl (C=O) groups is 2. The molecule has 1 atom stereocenters. The van der Waals surface area contributed by atoms with Gasteiger partial charge < -0.3 is 19.1 Å². The van der Waals surface area contributed by atoms with Gasteiger partial charge in [0.2, 0.25) is 0 Å². The molecule has 6 nitrogen and oxygen atoms in total. The van der Waals surface area contributed by atoms with Crippen LogP contribution in [-0.4, -0.2) is 47.0 Å². The second kappa shape index (κ2) is 8.30. The summed E-state index contributed by atoms with van der Waals surface area (Å²) >= 11 is 0. The maximum atomic E-state index is 13.6. The summed E-state index contributed by atoms with van der Waals surface area (Å²) in [6.45, 7) is 1.72. The zero-order valence-electron chi connectivity index (χ0n) is 17.3. The number of carbonyl (C=O) groups excluding carboxylic acids is 2. The van der Waals surface area contributed by atoms with Crippen LogP contribution in [0.1, 0.15) is 29.6 Å². The summed E-state index contributed by atoms with van der Waals surface area (Å²) < 4.78 is 8.02. The number of hydrogen-bond acceptors (Lipinski definition) is 3. The van der Waals surface area contributed by atoms with Crippen LogP contribution in [-0.2, 0) is 4.79 Å². The number of para-hydroxylation sites is 2. The molecule has 158 valence electrons. The average molecular weight is 415 g/mol. The van der Waals surface area contributed by atoms with Crippen molar-refractivity contribution in [3.8, 4) is 11.4 Å². The number of rotatable bonds is 3. The molecule has 2 aliphatic heterocycles. The van der Waals surface area contributed by atoms with E-state index in [0.717, 1.165) is 38.0 Å². The second-order valence-corrected chi connectivity index (χ2v) is 8.02. The largest absolute Gasteiger partial charge is 0.476 e. The van der Waals surface area contributed by atoms with E-state index in [4.69, 9.17) is 4.74 Å². The van der Waals surface area contributed by atoms with Crippen molar-refractivity contribution in [3.05, 3.63) is 78.6 Å². The molecule has 2 amide bonds. The Kier molecular flexibility index (Phi) is 5.20. The Balaban J connectivity index is 1.45. The lowest BCUT2D eigenvalue weighted by atomic mass is 10.1. The van der Waals surface area contributed by atoms with E-state index in [1.165, 1.54) is 0 Å². The van der Waals surface area contributed by atoms with Crippen molar-refractivity contribution >= 4 is 17.5 Å². The highest BCUT2D eigenvalue weighted by Crippen LogP contribution is 2.35. The number of anilines is 1. The van der Waals surface area contributed by atoms with Gasteiger partial charge in [0, 0.05) is 36.7 Å². The van der Waals surface area contributed by atoms with Crippen LogP contribution in [0.4, 0.5) is 5.69 Å². The van der Waals surface area contributed by atoms with Crippen molar-refractivity contribution in [2.75, 3.05) is 24.5 Å². The Bertz CT molecular complexity index is 1090. The molecule has 0 bridgehead atoms. The van der Waals surface area contributed by atoms with E-state index in [1.807, 2.05) is 82.5 Å².